The van der Waals surface area contributed by atoms with Crippen LogP contribution in [0.2, 0.25) is 5.02 Å². The molecule has 1 aliphatic heterocycles. The Balaban J connectivity index is 1.88. The van der Waals surface area contributed by atoms with Crippen LogP contribution in [0.25, 0.3) is 11.4 Å². The number of aromatic nitrogens is 2. The van der Waals surface area contributed by atoms with Crippen molar-refractivity contribution in [3.63, 3.8) is 0 Å². The molecular weight excluding hydrogens is 542 g/mol. The van der Waals surface area contributed by atoms with Gasteiger partial charge >= 0.3 is 18.0 Å². The molecule has 4 rings (SSSR count). The lowest BCUT2D eigenvalue weighted by Gasteiger charge is -2.24. The molecule has 1 aliphatic rings. The van der Waals surface area contributed by atoms with Crippen LogP contribution in [0.5, 0.6) is 0 Å². The van der Waals surface area contributed by atoms with Crippen LogP contribution in [0.15, 0.2) is 45.8 Å². The molecule has 1 atom stereocenters. The molecule has 0 radical (unpaired) electrons. The second kappa shape index (κ2) is 8.74. The Kier molecular flexibility index (Phi) is 6.29. The van der Waals surface area contributed by atoms with Crippen molar-refractivity contribution < 1.29 is 44.1 Å². The SMILES string of the molecule is N[C@H]1CS(=O)(=O)c2cc(F)c(-c3noc(C(F)(F)C(F)(F)F)n3)cc2N(Cc2ccc(Cl)cc2)C1=O. The molecule has 2 heterocycles. The third kappa shape index (κ3) is 4.53. The number of alkyl halides is 5. The molecule has 2 N–H and O–H groups in total. The van der Waals surface area contributed by atoms with E-state index in [1.807, 2.05) is 0 Å². The highest BCUT2D eigenvalue weighted by Gasteiger charge is 2.63. The maximum atomic E-state index is 14.9. The van der Waals surface area contributed by atoms with Gasteiger partial charge in [-0.15, -0.1) is 0 Å². The fourth-order valence-electron chi connectivity index (χ4n) is 3.41. The monoisotopic (exact) mass is 554 g/mol. The zero-order valence-electron chi connectivity index (χ0n) is 17.6. The zero-order chi connectivity index (χ0) is 26.6. The summed E-state index contributed by atoms with van der Waals surface area (Å²) in [6, 6.07) is 5.73. The van der Waals surface area contributed by atoms with E-state index < -0.39 is 73.3 Å². The number of sulfone groups is 1. The standard InChI is InChI=1S/C20H13ClF6N4O4S/c21-10-3-1-9(2-4-10)7-31-14-5-11(16-29-18(35-30-16)19(23,24)20(25,26)27)12(22)6-15(14)36(33,34)8-13(28)17(31)32/h1-6,13H,7-8,28H2/t13-/m0/s1. The van der Waals surface area contributed by atoms with E-state index in [9.17, 15) is 39.6 Å². The smallest absolute Gasteiger partial charge is 0.332 e. The Labute approximate surface area is 203 Å². The number of carbonyl (C=O) groups excluding carboxylic acids is 1. The van der Waals surface area contributed by atoms with E-state index in [1.165, 1.54) is 24.3 Å². The number of fused-ring (bicyclic) bond motifs is 1. The second-order valence-electron chi connectivity index (χ2n) is 7.73. The normalized spacial score (nSPS) is 18.2. The van der Waals surface area contributed by atoms with Gasteiger partial charge in [-0.25, -0.2) is 12.8 Å². The summed E-state index contributed by atoms with van der Waals surface area (Å²) in [4.78, 5) is 16.2. The van der Waals surface area contributed by atoms with E-state index in [0.29, 0.717) is 16.7 Å². The molecule has 0 unspecified atom stereocenters. The van der Waals surface area contributed by atoms with Crippen LogP contribution < -0.4 is 10.6 Å². The summed E-state index contributed by atoms with van der Waals surface area (Å²) in [6.45, 7) is -0.263. The summed E-state index contributed by atoms with van der Waals surface area (Å²) in [5.74, 6) is -11.8. The molecule has 0 saturated heterocycles. The lowest BCUT2D eigenvalue weighted by molar-refractivity contribution is -0.298. The number of hydrogen-bond acceptors (Lipinski definition) is 7. The third-order valence-electron chi connectivity index (χ3n) is 5.20. The van der Waals surface area contributed by atoms with Gasteiger partial charge < -0.3 is 15.2 Å². The Morgan fingerprint density at radius 3 is 2.39 bits per heavy atom. The molecule has 0 bridgehead atoms. The maximum Gasteiger partial charge on any atom is 0.463 e. The van der Waals surface area contributed by atoms with Gasteiger partial charge in [-0.3, -0.25) is 4.79 Å². The van der Waals surface area contributed by atoms with Crippen molar-refractivity contribution >= 4 is 33.0 Å². The minimum Gasteiger partial charge on any atom is -0.332 e. The number of hydrogen-bond donors (Lipinski definition) is 1. The van der Waals surface area contributed by atoms with Crippen LogP contribution in [0.1, 0.15) is 11.5 Å². The van der Waals surface area contributed by atoms with Crippen molar-refractivity contribution in [2.45, 2.75) is 29.6 Å². The fraction of sp³-hybridized carbons (Fsp3) is 0.250. The number of benzene rings is 2. The van der Waals surface area contributed by atoms with Gasteiger partial charge in [0.1, 0.15) is 5.82 Å². The van der Waals surface area contributed by atoms with Crippen LogP contribution in [0, 0.1) is 5.82 Å². The van der Waals surface area contributed by atoms with E-state index in [0.717, 1.165) is 11.0 Å². The second-order valence-corrected chi connectivity index (χ2v) is 10.2. The van der Waals surface area contributed by atoms with Gasteiger partial charge in [0.25, 0.3) is 0 Å². The number of halogens is 7. The first kappa shape index (κ1) is 25.9. The zero-order valence-corrected chi connectivity index (χ0v) is 19.1. The highest BCUT2D eigenvalue weighted by atomic mass is 35.5. The van der Waals surface area contributed by atoms with Gasteiger partial charge in [-0.1, -0.05) is 28.9 Å². The summed E-state index contributed by atoms with van der Waals surface area (Å²) in [5.41, 5.74) is 5.03. The summed E-state index contributed by atoms with van der Waals surface area (Å²) in [6.07, 6.45) is -6.07. The van der Waals surface area contributed by atoms with Crippen molar-refractivity contribution in [2.24, 2.45) is 5.73 Å². The molecule has 0 spiro atoms. The van der Waals surface area contributed by atoms with Gasteiger partial charge in [-0.2, -0.15) is 26.9 Å². The van der Waals surface area contributed by atoms with Crippen molar-refractivity contribution in [3.05, 3.63) is 58.7 Å². The summed E-state index contributed by atoms with van der Waals surface area (Å²) in [5, 5.41) is 3.36. The predicted molar refractivity (Wildman–Crippen MR) is 112 cm³/mol. The Hall–Kier alpha value is -3.17. The highest BCUT2D eigenvalue weighted by Crippen LogP contribution is 2.44. The predicted octanol–water partition coefficient (Wildman–Crippen LogP) is 3.83. The Morgan fingerprint density at radius 1 is 1.14 bits per heavy atom. The largest absolute Gasteiger partial charge is 0.463 e. The van der Waals surface area contributed by atoms with Gasteiger partial charge in [0.2, 0.25) is 11.7 Å². The number of rotatable bonds is 4. The average molecular weight is 555 g/mol. The summed E-state index contributed by atoms with van der Waals surface area (Å²) < 4.78 is 110. The first-order chi connectivity index (χ1) is 16.6. The first-order valence-electron chi connectivity index (χ1n) is 9.78. The molecule has 8 nitrogen and oxygen atoms in total. The lowest BCUT2D eigenvalue weighted by Crippen LogP contribution is -2.45. The molecular formula is C20H13ClF6N4O4S. The van der Waals surface area contributed by atoms with Gasteiger partial charge in [0.15, 0.2) is 9.84 Å². The topological polar surface area (TPSA) is 119 Å². The minimum absolute atomic E-state index is 0.263. The maximum absolute atomic E-state index is 14.9. The molecule has 0 saturated carbocycles. The van der Waals surface area contributed by atoms with Crippen molar-refractivity contribution in [3.8, 4) is 11.4 Å². The Morgan fingerprint density at radius 2 is 1.78 bits per heavy atom. The van der Waals surface area contributed by atoms with Crippen molar-refractivity contribution in [1.82, 2.24) is 10.1 Å². The molecule has 0 fully saturated rings. The van der Waals surface area contributed by atoms with Gasteiger partial charge in [0.05, 0.1) is 34.5 Å². The minimum atomic E-state index is -6.07. The molecule has 16 heteroatoms. The summed E-state index contributed by atoms with van der Waals surface area (Å²) >= 11 is 5.85. The molecule has 0 aliphatic carbocycles. The number of nitrogens with zero attached hydrogens (tertiary/aromatic N) is 3. The van der Waals surface area contributed by atoms with Crippen LogP contribution in [-0.4, -0.2) is 42.4 Å². The van der Waals surface area contributed by atoms with Gasteiger partial charge in [0, 0.05) is 5.02 Å². The van der Waals surface area contributed by atoms with Gasteiger partial charge in [-0.05, 0) is 29.8 Å². The van der Waals surface area contributed by atoms with E-state index in [1.54, 1.807) is 0 Å². The number of nitrogens with two attached hydrogens (primary N) is 1. The molecule has 192 valence electrons. The summed E-state index contributed by atoms with van der Waals surface area (Å²) in [7, 11) is -4.33. The van der Waals surface area contributed by atoms with Crippen LogP contribution in [-0.2, 0) is 27.1 Å². The lowest BCUT2D eigenvalue weighted by atomic mass is 10.1. The van der Waals surface area contributed by atoms with Crippen LogP contribution >= 0.6 is 11.6 Å². The first-order valence-corrected chi connectivity index (χ1v) is 11.8. The number of anilines is 1. The Bertz CT molecular complexity index is 1440. The van der Waals surface area contributed by atoms with E-state index in [4.69, 9.17) is 17.3 Å². The number of amides is 1. The highest BCUT2D eigenvalue weighted by molar-refractivity contribution is 7.91. The van der Waals surface area contributed by atoms with E-state index in [2.05, 4.69) is 14.7 Å². The van der Waals surface area contributed by atoms with Crippen LogP contribution in [0.4, 0.5) is 32.0 Å². The fourth-order valence-corrected chi connectivity index (χ4v) is 5.10. The van der Waals surface area contributed by atoms with E-state index in [-0.39, 0.29) is 6.54 Å². The van der Waals surface area contributed by atoms with E-state index >= 15 is 0 Å². The molecule has 1 amide bonds. The molecule has 1 aromatic heterocycles. The molecule has 2 aromatic carbocycles. The van der Waals surface area contributed by atoms with Crippen LogP contribution in [0.3, 0.4) is 0 Å². The molecule has 36 heavy (non-hydrogen) atoms. The van der Waals surface area contributed by atoms with Crippen molar-refractivity contribution in [2.75, 3.05) is 10.7 Å². The number of carbonyl (C=O) groups is 1. The van der Waals surface area contributed by atoms with Crippen molar-refractivity contribution in [1.29, 1.82) is 0 Å². The molecule has 3 aromatic rings. The third-order valence-corrected chi connectivity index (χ3v) is 7.25. The average Bonchev–Trinajstić information content (AvgIpc) is 3.26. The quantitative estimate of drug-likeness (QED) is 0.487.